The average Bonchev–Trinajstić information content (AvgIpc) is 2.68. The van der Waals surface area contributed by atoms with Crippen molar-refractivity contribution < 1.29 is 19.4 Å². The Bertz CT molecular complexity index is 348. The molecule has 1 heterocycles. The summed E-state index contributed by atoms with van der Waals surface area (Å²) in [6.07, 6.45) is 0.429. The molecule has 0 radical (unpaired) electrons. The summed E-state index contributed by atoms with van der Waals surface area (Å²) in [6, 6.07) is 0. The first-order valence-corrected chi connectivity index (χ1v) is 10.5. The van der Waals surface area contributed by atoms with Crippen molar-refractivity contribution >= 4 is 8.32 Å². The van der Waals surface area contributed by atoms with E-state index in [0.29, 0.717) is 29.7 Å². The molecular formula is C17H34O4Si. The van der Waals surface area contributed by atoms with E-state index in [9.17, 15) is 10.2 Å². The average molecular weight is 331 g/mol. The number of aliphatic hydroxyl groups excluding tert-OH is 2. The summed E-state index contributed by atoms with van der Waals surface area (Å²) in [5, 5.41) is 20.2. The third-order valence-electron chi connectivity index (χ3n) is 5.21. The molecule has 0 saturated carbocycles. The lowest BCUT2D eigenvalue weighted by atomic mass is 9.93. The van der Waals surface area contributed by atoms with E-state index in [1.54, 1.807) is 6.08 Å². The van der Waals surface area contributed by atoms with Crippen LogP contribution in [0.15, 0.2) is 12.7 Å². The highest BCUT2D eigenvalue weighted by atomic mass is 28.4. The maximum Gasteiger partial charge on any atom is 0.200 e. The number of aliphatic hydroxyl groups is 2. The zero-order valence-corrected chi connectivity index (χ0v) is 16.0. The van der Waals surface area contributed by atoms with Gasteiger partial charge in [-0.1, -0.05) is 47.6 Å². The lowest BCUT2D eigenvalue weighted by Gasteiger charge is -2.44. The maximum absolute atomic E-state index is 10.4. The van der Waals surface area contributed by atoms with Crippen molar-refractivity contribution in [3.63, 3.8) is 0 Å². The zero-order valence-electron chi connectivity index (χ0n) is 15.0. The normalized spacial score (nSPS) is 29.8. The summed E-state index contributed by atoms with van der Waals surface area (Å²) in [6.45, 7) is 17.6. The third-order valence-corrected chi connectivity index (χ3v) is 11.3. The zero-order chi connectivity index (χ0) is 17.1. The Morgan fingerprint density at radius 2 is 1.68 bits per heavy atom. The molecule has 0 aromatic rings. The summed E-state index contributed by atoms with van der Waals surface area (Å²) in [5.41, 5.74) is 0.545. The Hall–Kier alpha value is -0.203. The van der Waals surface area contributed by atoms with Gasteiger partial charge in [-0.3, -0.25) is 0 Å². The molecule has 5 heteroatoms. The fraction of sp³-hybridized carbons (Fsp3) is 0.882. The van der Waals surface area contributed by atoms with Gasteiger partial charge in [-0.2, -0.15) is 0 Å². The van der Waals surface area contributed by atoms with Crippen molar-refractivity contribution in [2.75, 3.05) is 13.2 Å². The van der Waals surface area contributed by atoms with Gasteiger partial charge in [0.2, 0.25) is 0 Å². The van der Waals surface area contributed by atoms with E-state index in [0.717, 1.165) is 0 Å². The van der Waals surface area contributed by atoms with Crippen LogP contribution in [-0.2, 0) is 9.16 Å². The lowest BCUT2D eigenvalue weighted by Crippen LogP contribution is -2.54. The molecule has 0 aliphatic carbocycles. The molecule has 2 N–H and O–H groups in total. The predicted molar refractivity (Wildman–Crippen MR) is 92.5 cm³/mol. The smallest absolute Gasteiger partial charge is 0.200 e. The minimum Gasteiger partial charge on any atom is -0.413 e. The molecule has 3 atom stereocenters. The van der Waals surface area contributed by atoms with Crippen LogP contribution in [0.3, 0.4) is 0 Å². The second kappa shape index (κ2) is 7.58. The fourth-order valence-corrected chi connectivity index (χ4v) is 9.63. The largest absolute Gasteiger partial charge is 0.413 e. The van der Waals surface area contributed by atoms with Gasteiger partial charge in [0.1, 0.15) is 17.8 Å². The summed E-state index contributed by atoms with van der Waals surface area (Å²) in [5.74, 6) is 0. The molecule has 0 aromatic carbocycles. The molecule has 1 saturated heterocycles. The summed E-state index contributed by atoms with van der Waals surface area (Å²) >= 11 is 0. The van der Waals surface area contributed by atoms with Crippen LogP contribution in [0.2, 0.25) is 16.6 Å². The van der Waals surface area contributed by atoms with Crippen LogP contribution in [-0.4, -0.2) is 49.6 Å². The van der Waals surface area contributed by atoms with Crippen LogP contribution < -0.4 is 0 Å². The molecule has 130 valence electrons. The van der Waals surface area contributed by atoms with Gasteiger partial charge in [0.05, 0.1) is 13.2 Å². The van der Waals surface area contributed by atoms with Gasteiger partial charge in [-0.15, -0.1) is 6.58 Å². The van der Waals surface area contributed by atoms with E-state index in [1.807, 2.05) is 0 Å². The fourth-order valence-electron chi connectivity index (χ4n) is 4.14. The van der Waals surface area contributed by atoms with Crippen molar-refractivity contribution in [1.29, 1.82) is 0 Å². The molecule has 22 heavy (non-hydrogen) atoms. The van der Waals surface area contributed by atoms with Crippen molar-refractivity contribution in [2.24, 2.45) is 0 Å². The molecule has 4 nitrogen and oxygen atoms in total. The van der Waals surface area contributed by atoms with Crippen LogP contribution in [0.25, 0.3) is 0 Å². The van der Waals surface area contributed by atoms with E-state index in [1.165, 1.54) is 0 Å². The SMILES string of the molecule is C=CC[C@@]1(CO[Si](C(C)C)(C(C)C)C(C)C)OC[C@@H](O)[C@@H]1O. The predicted octanol–water partition coefficient (Wildman–Crippen LogP) is 3.25. The van der Waals surface area contributed by atoms with Gasteiger partial charge in [0.25, 0.3) is 0 Å². The van der Waals surface area contributed by atoms with Gasteiger partial charge in [0, 0.05) is 0 Å². The second-order valence-electron chi connectivity index (χ2n) is 7.49. The molecule has 0 aromatic heterocycles. The number of hydrogen-bond donors (Lipinski definition) is 2. The Morgan fingerprint density at radius 3 is 2.00 bits per heavy atom. The monoisotopic (exact) mass is 330 g/mol. The van der Waals surface area contributed by atoms with Gasteiger partial charge in [-0.05, 0) is 23.0 Å². The third kappa shape index (κ3) is 3.49. The topological polar surface area (TPSA) is 58.9 Å². The second-order valence-corrected chi connectivity index (χ2v) is 12.9. The molecule has 1 rings (SSSR count). The minimum atomic E-state index is -2.03. The van der Waals surface area contributed by atoms with Crippen molar-refractivity contribution in [3.05, 3.63) is 12.7 Å². The van der Waals surface area contributed by atoms with E-state index in [4.69, 9.17) is 9.16 Å². The standard InChI is InChI=1S/C17H34O4Si/c1-8-9-17(16(19)15(18)10-20-17)11-21-22(12(2)3,13(4)5)14(6)7/h8,12-16,18-19H,1,9-11H2,2-7H3/t15-,16+,17+/m1/s1. The van der Waals surface area contributed by atoms with E-state index < -0.39 is 26.1 Å². The molecule has 0 bridgehead atoms. The lowest BCUT2D eigenvalue weighted by molar-refractivity contribution is -0.0896. The number of ether oxygens (including phenoxy) is 1. The van der Waals surface area contributed by atoms with Crippen molar-refractivity contribution in [2.45, 2.75) is 82.4 Å². The first kappa shape index (κ1) is 19.8. The number of hydrogen-bond acceptors (Lipinski definition) is 4. The van der Waals surface area contributed by atoms with Crippen LogP contribution in [0.1, 0.15) is 48.0 Å². The van der Waals surface area contributed by atoms with Gasteiger partial charge < -0.3 is 19.4 Å². The minimum absolute atomic E-state index is 0.151. The summed E-state index contributed by atoms with van der Waals surface area (Å²) in [7, 11) is -2.03. The summed E-state index contributed by atoms with van der Waals surface area (Å²) in [4.78, 5) is 0. The van der Waals surface area contributed by atoms with Gasteiger partial charge in [-0.25, -0.2) is 0 Å². The molecular weight excluding hydrogens is 296 g/mol. The van der Waals surface area contributed by atoms with Crippen molar-refractivity contribution in [1.82, 2.24) is 0 Å². The Kier molecular flexibility index (Phi) is 6.83. The van der Waals surface area contributed by atoms with Gasteiger partial charge >= 0.3 is 0 Å². The van der Waals surface area contributed by atoms with Crippen LogP contribution in [0.5, 0.6) is 0 Å². The highest BCUT2D eigenvalue weighted by molar-refractivity contribution is 6.77. The molecule has 1 fully saturated rings. The van der Waals surface area contributed by atoms with E-state index in [-0.39, 0.29) is 6.61 Å². The van der Waals surface area contributed by atoms with E-state index >= 15 is 0 Å². The quantitative estimate of drug-likeness (QED) is 0.530. The van der Waals surface area contributed by atoms with Crippen LogP contribution in [0, 0.1) is 0 Å². The summed E-state index contributed by atoms with van der Waals surface area (Å²) < 4.78 is 12.3. The molecule has 1 aliphatic heterocycles. The molecule has 0 amide bonds. The number of rotatable bonds is 8. The first-order chi connectivity index (χ1) is 10.1. The molecule has 0 spiro atoms. The highest BCUT2D eigenvalue weighted by Crippen LogP contribution is 2.44. The highest BCUT2D eigenvalue weighted by Gasteiger charge is 2.52. The Balaban J connectivity index is 3.01. The van der Waals surface area contributed by atoms with Gasteiger partial charge in [0.15, 0.2) is 8.32 Å². The maximum atomic E-state index is 10.4. The Morgan fingerprint density at radius 1 is 1.18 bits per heavy atom. The van der Waals surface area contributed by atoms with Crippen LogP contribution >= 0.6 is 0 Å². The van der Waals surface area contributed by atoms with Crippen molar-refractivity contribution in [3.8, 4) is 0 Å². The Labute approximate surface area is 136 Å². The first-order valence-electron chi connectivity index (χ1n) is 8.39. The van der Waals surface area contributed by atoms with Crippen LogP contribution in [0.4, 0.5) is 0 Å². The van der Waals surface area contributed by atoms with E-state index in [2.05, 4.69) is 48.1 Å². The molecule has 0 unspecified atom stereocenters. The molecule has 1 aliphatic rings.